The largest absolute Gasteiger partial charge is 0.270 e. The minimum Gasteiger partial charge on any atom is -0.202 e. The summed E-state index contributed by atoms with van der Waals surface area (Å²) in [6.45, 7) is 4.09. The highest BCUT2D eigenvalue weighted by molar-refractivity contribution is 5.65. The molecule has 2 aliphatic carbocycles. The Morgan fingerprint density at radius 2 is 1.04 bits per heavy atom. The van der Waals surface area contributed by atoms with Gasteiger partial charge in [-0.1, -0.05) is 64.5 Å². The number of hydrogen-bond donors (Lipinski definition) is 0. The molecule has 0 amide bonds. The molecular weight excluding hydrogens is 340 g/mol. The Morgan fingerprint density at radius 3 is 1.35 bits per heavy atom. The second kappa shape index (κ2) is 9.23. The van der Waals surface area contributed by atoms with Gasteiger partial charge < -0.3 is 0 Å². The van der Waals surface area contributed by atoms with E-state index in [0.717, 1.165) is 38.5 Å². The first-order valence-electron chi connectivity index (χ1n) is 10.2. The molecule has 2 rings (SSSR count). The number of halogens is 4. The molecule has 0 aromatic rings. The van der Waals surface area contributed by atoms with Gasteiger partial charge in [-0.3, -0.25) is 0 Å². The monoisotopic (exact) mass is 372 g/mol. The van der Waals surface area contributed by atoms with Crippen LogP contribution in [0.4, 0.5) is 17.6 Å². The zero-order valence-corrected chi connectivity index (χ0v) is 16.2. The van der Waals surface area contributed by atoms with Crippen LogP contribution < -0.4 is 0 Å². The molecule has 148 valence electrons. The molecule has 0 saturated carbocycles. The Labute approximate surface area is 155 Å². The van der Waals surface area contributed by atoms with E-state index in [1.54, 1.807) is 12.2 Å². The first kappa shape index (κ1) is 21.2. The van der Waals surface area contributed by atoms with Crippen molar-refractivity contribution in [2.75, 3.05) is 0 Å². The predicted octanol–water partition coefficient (Wildman–Crippen LogP) is 8.15. The van der Waals surface area contributed by atoms with Crippen molar-refractivity contribution in [3.63, 3.8) is 0 Å². The summed E-state index contributed by atoms with van der Waals surface area (Å²) in [5, 5.41) is 0. The van der Waals surface area contributed by atoms with Crippen molar-refractivity contribution in [2.24, 2.45) is 0 Å². The number of alkyl halides is 4. The summed E-state index contributed by atoms with van der Waals surface area (Å²) in [5.41, 5.74) is 0.939. The maximum Gasteiger partial charge on any atom is 0.270 e. The van der Waals surface area contributed by atoms with Gasteiger partial charge in [0.2, 0.25) is 0 Å². The third-order valence-electron chi connectivity index (χ3n) is 5.55. The van der Waals surface area contributed by atoms with Gasteiger partial charge in [0.05, 0.1) is 0 Å². The van der Waals surface area contributed by atoms with E-state index in [9.17, 15) is 17.6 Å². The summed E-state index contributed by atoms with van der Waals surface area (Å²) < 4.78 is 58.4. The van der Waals surface area contributed by atoms with Gasteiger partial charge in [-0.25, -0.2) is 17.6 Å². The fraction of sp³-hybridized carbons (Fsp3) is 0.727. The molecule has 0 nitrogen and oxygen atoms in total. The van der Waals surface area contributed by atoms with Crippen LogP contribution in [0.3, 0.4) is 0 Å². The Bertz CT molecular complexity index is 517. The molecule has 0 atom stereocenters. The fourth-order valence-corrected chi connectivity index (χ4v) is 3.90. The summed E-state index contributed by atoms with van der Waals surface area (Å²) in [4.78, 5) is 0. The Hall–Kier alpha value is -1.06. The first-order valence-corrected chi connectivity index (χ1v) is 10.2. The molecule has 2 aliphatic rings. The lowest BCUT2D eigenvalue weighted by molar-refractivity contribution is 0.0148. The molecule has 0 bridgehead atoms. The summed E-state index contributed by atoms with van der Waals surface area (Å²) >= 11 is 0. The molecule has 0 radical (unpaired) electrons. The second-order valence-corrected chi connectivity index (χ2v) is 7.65. The van der Waals surface area contributed by atoms with Crippen LogP contribution in [0, 0.1) is 0 Å². The SMILES string of the molecule is CCCCCCC(F)(F)C1=C2C=CC2=C(C(F)(F)CCCCCC)CC1. The average molecular weight is 372 g/mol. The second-order valence-electron chi connectivity index (χ2n) is 7.65. The number of fused-ring (bicyclic) bond motifs is 1. The van der Waals surface area contributed by atoms with Crippen LogP contribution in [0.1, 0.15) is 90.9 Å². The minimum atomic E-state index is -2.87. The van der Waals surface area contributed by atoms with E-state index in [2.05, 4.69) is 0 Å². The first-order chi connectivity index (χ1) is 12.3. The highest BCUT2D eigenvalue weighted by Gasteiger charge is 2.44. The molecule has 0 aromatic carbocycles. The van der Waals surface area contributed by atoms with Crippen molar-refractivity contribution >= 4 is 0 Å². The number of unbranched alkanes of at least 4 members (excludes halogenated alkanes) is 6. The van der Waals surface area contributed by atoms with Gasteiger partial charge in [0.25, 0.3) is 11.8 Å². The Morgan fingerprint density at radius 1 is 0.654 bits per heavy atom. The molecule has 0 spiro atoms. The summed E-state index contributed by atoms with van der Waals surface area (Å²) in [7, 11) is 0. The topological polar surface area (TPSA) is 0 Å². The normalized spacial score (nSPS) is 17.6. The van der Waals surface area contributed by atoms with E-state index in [1.165, 1.54) is 0 Å². The van der Waals surface area contributed by atoms with Crippen LogP contribution in [0.25, 0.3) is 0 Å². The molecule has 26 heavy (non-hydrogen) atoms. The van der Waals surface area contributed by atoms with Crippen LogP contribution in [0.2, 0.25) is 0 Å². The van der Waals surface area contributed by atoms with Crippen molar-refractivity contribution in [3.05, 3.63) is 34.4 Å². The molecule has 0 heterocycles. The Balaban J connectivity index is 2.08. The van der Waals surface area contributed by atoms with Crippen LogP contribution in [0.5, 0.6) is 0 Å². The quantitative estimate of drug-likeness (QED) is 0.239. The standard InChI is InChI=1S/C22H32F4/c1-3-5-7-9-15-21(23,24)19-13-14-20(18-12-11-17(18)19)22(25,26)16-10-8-6-4-2/h11-12H,3-10,13-16H2,1-2H3. The average Bonchev–Trinajstić information content (AvgIpc) is 2.56. The summed E-state index contributed by atoms with van der Waals surface area (Å²) in [6, 6.07) is 0. The van der Waals surface area contributed by atoms with Gasteiger partial charge in [-0.2, -0.15) is 0 Å². The third-order valence-corrected chi connectivity index (χ3v) is 5.55. The smallest absolute Gasteiger partial charge is 0.202 e. The van der Waals surface area contributed by atoms with E-state index >= 15 is 0 Å². The van der Waals surface area contributed by atoms with Crippen molar-refractivity contribution in [1.82, 2.24) is 0 Å². The van der Waals surface area contributed by atoms with Crippen LogP contribution in [-0.2, 0) is 0 Å². The van der Waals surface area contributed by atoms with Crippen molar-refractivity contribution in [1.29, 1.82) is 0 Å². The van der Waals surface area contributed by atoms with Crippen LogP contribution in [0.15, 0.2) is 34.4 Å². The summed E-state index contributed by atoms with van der Waals surface area (Å²) in [6.07, 6.45) is 9.47. The lowest BCUT2D eigenvalue weighted by Gasteiger charge is -2.35. The van der Waals surface area contributed by atoms with E-state index in [4.69, 9.17) is 0 Å². The van der Waals surface area contributed by atoms with E-state index in [-0.39, 0.29) is 36.8 Å². The van der Waals surface area contributed by atoms with Gasteiger partial charge in [-0.05, 0) is 36.8 Å². The van der Waals surface area contributed by atoms with Crippen molar-refractivity contribution < 1.29 is 17.6 Å². The molecule has 0 saturated heterocycles. The number of hydrogen-bond acceptors (Lipinski definition) is 0. The van der Waals surface area contributed by atoms with Crippen molar-refractivity contribution in [2.45, 2.75) is 103 Å². The van der Waals surface area contributed by atoms with Gasteiger partial charge in [0.1, 0.15) is 0 Å². The lowest BCUT2D eigenvalue weighted by Crippen LogP contribution is -2.30. The zero-order chi connectivity index (χ0) is 19.2. The zero-order valence-electron chi connectivity index (χ0n) is 16.2. The molecule has 0 aliphatic heterocycles. The maximum atomic E-state index is 14.6. The van der Waals surface area contributed by atoms with E-state index in [0.29, 0.717) is 24.0 Å². The van der Waals surface area contributed by atoms with Gasteiger partial charge in [-0.15, -0.1) is 0 Å². The molecule has 0 aromatic heterocycles. The summed E-state index contributed by atoms with van der Waals surface area (Å²) in [5.74, 6) is -5.75. The fourth-order valence-electron chi connectivity index (χ4n) is 3.90. The van der Waals surface area contributed by atoms with Gasteiger partial charge in [0, 0.05) is 24.0 Å². The minimum absolute atomic E-state index is 0.0594. The molecule has 4 heteroatoms. The highest BCUT2D eigenvalue weighted by atomic mass is 19.3. The molecule has 0 unspecified atom stereocenters. The molecular formula is C22H32F4. The van der Waals surface area contributed by atoms with Crippen molar-refractivity contribution in [3.8, 4) is 0 Å². The molecule has 0 N–H and O–H groups in total. The predicted molar refractivity (Wildman–Crippen MR) is 99.8 cm³/mol. The maximum absolute atomic E-state index is 14.6. The van der Waals surface area contributed by atoms with E-state index < -0.39 is 11.8 Å². The van der Waals surface area contributed by atoms with Gasteiger partial charge in [0.15, 0.2) is 0 Å². The Kier molecular flexibility index (Phi) is 7.54. The van der Waals surface area contributed by atoms with Crippen LogP contribution >= 0.6 is 0 Å². The lowest BCUT2D eigenvalue weighted by atomic mass is 9.74. The number of rotatable bonds is 12. The molecule has 0 fully saturated rings. The van der Waals surface area contributed by atoms with Gasteiger partial charge >= 0.3 is 0 Å². The van der Waals surface area contributed by atoms with E-state index in [1.807, 2.05) is 13.8 Å². The van der Waals surface area contributed by atoms with Crippen LogP contribution in [-0.4, -0.2) is 11.8 Å². The third kappa shape index (κ3) is 5.01. The number of allylic oxidation sites excluding steroid dienone is 6. The highest BCUT2D eigenvalue weighted by Crippen LogP contribution is 2.49.